The number of thioether (sulfide) groups is 1. The summed E-state index contributed by atoms with van der Waals surface area (Å²) in [6.45, 7) is 1.66. The Morgan fingerprint density at radius 2 is 2.55 bits per heavy atom. The first kappa shape index (κ1) is 8.85. The lowest BCUT2D eigenvalue weighted by atomic mass is 10.2. The SMILES string of the molecule is CC(=O)CCCC1=CCCS1. The van der Waals surface area contributed by atoms with Crippen molar-refractivity contribution in [3.05, 3.63) is 11.0 Å². The predicted octanol–water partition coefficient (Wildman–Crippen LogP) is 2.77. The molecule has 0 aromatic rings. The molecule has 0 N–H and O–H groups in total. The van der Waals surface area contributed by atoms with Crippen LogP contribution in [0.4, 0.5) is 0 Å². The van der Waals surface area contributed by atoms with E-state index in [1.165, 1.54) is 17.1 Å². The molecule has 11 heavy (non-hydrogen) atoms. The van der Waals surface area contributed by atoms with E-state index in [1.54, 1.807) is 6.92 Å². The monoisotopic (exact) mass is 170 g/mol. The molecule has 2 heteroatoms. The number of hydrogen-bond donors (Lipinski definition) is 0. The Hall–Kier alpha value is -0.240. The molecule has 0 spiro atoms. The lowest BCUT2D eigenvalue weighted by Gasteiger charge is -1.98. The zero-order valence-electron chi connectivity index (χ0n) is 6.93. The molecule has 1 aliphatic heterocycles. The first-order chi connectivity index (χ1) is 5.29. The molecule has 0 amide bonds. The van der Waals surface area contributed by atoms with Gasteiger partial charge in [0.1, 0.15) is 5.78 Å². The van der Waals surface area contributed by atoms with Gasteiger partial charge in [-0.25, -0.2) is 0 Å². The van der Waals surface area contributed by atoms with Gasteiger partial charge in [-0.15, -0.1) is 11.8 Å². The molecular weight excluding hydrogens is 156 g/mol. The van der Waals surface area contributed by atoms with Gasteiger partial charge in [0, 0.05) is 12.2 Å². The fourth-order valence-corrected chi connectivity index (χ4v) is 2.18. The van der Waals surface area contributed by atoms with Crippen molar-refractivity contribution < 1.29 is 4.79 Å². The highest BCUT2D eigenvalue weighted by atomic mass is 32.2. The molecule has 1 rings (SSSR count). The van der Waals surface area contributed by atoms with Crippen LogP contribution >= 0.6 is 11.8 Å². The van der Waals surface area contributed by atoms with Crippen LogP contribution in [0.15, 0.2) is 11.0 Å². The maximum atomic E-state index is 10.6. The molecule has 0 aromatic heterocycles. The Morgan fingerprint density at radius 1 is 1.73 bits per heavy atom. The van der Waals surface area contributed by atoms with Gasteiger partial charge in [-0.2, -0.15) is 0 Å². The van der Waals surface area contributed by atoms with Crippen molar-refractivity contribution in [2.24, 2.45) is 0 Å². The highest BCUT2D eigenvalue weighted by Crippen LogP contribution is 2.28. The number of carbonyl (C=O) groups is 1. The number of ketones is 1. The Bertz CT molecular complexity index is 172. The van der Waals surface area contributed by atoms with E-state index in [9.17, 15) is 4.79 Å². The minimum atomic E-state index is 0.314. The predicted molar refractivity (Wildman–Crippen MR) is 49.7 cm³/mol. The molecular formula is C9H14OS. The van der Waals surface area contributed by atoms with Crippen molar-refractivity contribution in [1.82, 2.24) is 0 Å². The van der Waals surface area contributed by atoms with Gasteiger partial charge < -0.3 is 4.79 Å². The van der Waals surface area contributed by atoms with E-state index in [2.05, 4.69) is 6.08 Å². The lowest BCUT2D eigenvalue weighted by molar-refractivity contribution is -0.117. The van der Waals surface area contributed by atoms with Crippen molar-refractivity contribution in [3.8, 4) is 0 Å². The summed E-state index contributed by atoms with van der Waals surface area (Å²) in [5.74, 6) is 1.56. The van der Waals surface area contributed by atoms with Crippen LogP contribution in [0.1, 0.15) is 32.6 Å². The number of allylic oxidation sites excluding steroid dienone is 2. The van der Waals surface area contributed by atoms with Crippen molar-refractivity contribution in [3.63, 3.8) is 0 Å². The summed E-state index contributed by atoms with van der Waals surface area (Å²) in [6, 6.07) is 0. The van der Waals surface area contributed by atoms with E-state index < -0.39 is 0 Å². The molecule has 1 aliphatic rings. The van der Waals surface area contributed by atoms with E-state index in [4.69, 9.17) is 0 Å². The van der Waals surface area contributed by atoms with Gasteiger partial charge in [0.25, 0.3) is 0 Å². The number of rotatable bonds is 4. The zero-order chi connectivity index (χ0) is 8.10. The Kier molecular flexibility index (Phi) is 3.70. The molecule has 0 aromatic carbocycles. The van der Waals surface area contributed by atoms with Gasteiger partial charge in [-0.05, 0) is 31.1 Å². The average Bonchev–Trinajstić information content (AvgIpc) is 2.39. The summed E-state index contributed by atoms with van der Waals surface area (Å²) in [7, 11) is 0. The molecule has 1 nitrogen and oxygen atoms in total. The van der Waals surface area contributed by atoms with Crippen LogP contribution in [0.5, 0.6) is 0 Å². The van der Waals surface area contributed by atoms with Gasteiger partial charge in [0.15, 0.2) is 0 Å². The molecule has 0 atom stereocenters. The van der Waals surface area contributed by atoms with Crippen LogP contribution < -0.4 is 0 Å². The molecule has 0 aliphatic carbocycles. The van der Waals surface area contributed by atoms with Crippen LogP contribution in [0.3, 0.4) is 0 Å². The summed E-state index contributed by atoms with van der Waals surface area (Å²) >= 11 is 1.94. The third-order valence-corrected chi connectivity index (χ3v) is 2.91. The van der Waals surface area contributed by atoms with E-state index in [0.29, 0.717) is 5.78 Å². The van der Waals surface area contributed by atoms with Crippen molar-refractivity contribution in [2.45, 2.75) is 32.6 Å². The summed E-state index contributed by atoms with van der Waals surface area (Å²) < 4.78 is 0. The van der Waals surface area contributed by atoms with E-state index in [1.807, 2.05) is 11.8 Å². The minimum Gasteiger partial charge on any atom is -0.300 e. The molecule has 1 heterocycles. The second-order valence-corrected chi connectivity index (χ2v) is 4.08. The molecule has 0 unspecified atom stereocenters. The minimum absolute atomic E-state index is 0.314. The van der Waals surface area contributed by atoms with Crippen LogP contribution in [0, 0.1) is 0 Å². The molecule has 0 fully saturated rings. The van der Waals surface area contributed by atoms with Crippen molar-refractivity contribution in [1.29, 1.82) is 0 Å². The molecule has 0 saturated carbocycles. The third kappa shape index (κ3) is 3.61. The molecule has 0 radical (unpaired) electrons. The van der Waals surface area contributed by atoms with Crippen LogP contribution in [0.25, 0.3) is 0 Å². The van der Waals surface area contributed by atoms with Crippen LogP contribution in [0.2, 0.25) is 0 Å². The fourth-order valence-electron chi connectivity index (χ4n) is 1.15. The number of Topliss-reactive ketones (excluding diaryl/α,β-unsaturated/α-hetero) is 1. The topological polar surface area (TPSA) is 17.1 Å². The van der Waals surface area contributed by atoms with Crippen LogP contribution in [-0.2, 0) is 4.79 Å². The number of hydrogen-bond acceptors (Lipinski definition) is 2. The first-order valence-corrected chi connectivity index (χ1v) is 5.09. The van der Waals surface area contributed by atoms with Gasteiger partial charge in [-0.1, -0.05) is 6.08 Å². The number of carbonyl (C=O) groups excluding carboxylic acids is 1. The maximum absolute atomic E-state index is 10.6. The fraction of sp³-hybridized carbons (Fsp3) is 0.667. The molecule has 62 valence electrons. The third-order valence-electron chi connectivity index (χ3n) is 1.73. The zero-order valence-corrected chi connectivity index (χ0v) is 7.75. The summed E-state index contributed by atoms with van der Waals surface area (Å²) in [4.78, 5) is 12.1. The highest BCUT2D eigenvalue weighted by Gasteiger charge is 2.04. The van der Waals surface area contributed by atoms with E-state index in [0.717, 1.165) is 19.3 Å². The average molecular weight is 170 g/mol. The Morgan fingerprint density at radius 3 is 3.09 bits per heavy atom. The second kappa shape index (κ2) is 4.60. The standard InChI is InChI=1S/C9H14OS/c1-8(10)4-2-5-9-6-3-7-11-9/h6H,2-5,7H2,1H3. The van der Waals surface area contributed by atoms with Gasteiger partial charge in [0.2, 0.25) is 0 Å². The second-order valence-electron chi connectivity index (χ2n) is 2.86. The Balaban J connectivity index is 2.07. The summed E-state index contributed by atoms with van der Waals surface area (Å²) in [6.07, 6.45) is 6.42. The van der Waals surface area contributed by atoms with Gasteiger partial charge in [0.05, 0.1) is 0 Å². The van der Waals surface area contributed by atoms with Crippen molar-refractivity contribution in [2.75, 3.05) is 5.75 Å². The first-order valence-electron chi connectivity index (χ1n) is 4.10. The maximum Gasteiger partial charge on any atom is 0.129 e. The Labute approximate surface area is 72.2 Å². The molecule has 0 saturated heterocycles. The van der Waals surface area contributed by atoms with E-state index in [-0.39, 0.29) is 0 Å². The highest BCUT2D eigenvalue weighted by molar-refractivity contribution is 8.03. The smallest absolute Gasteiger partial charge is 0.129 e. The largest absolute Gasteiger partial charge is 0.300 e. The van der Waals surface area contributed by atoms with E-state index >= 15 is 0 Å². The van der Waals surface area contributed by atoms with Crippen molar-refractivity contribution >= 4 is 17.5 Å². The van der Waals surface area contributed by atoms with Crippen LogP contribution in [-0.4, -0.2) is 11.5 Å². The quantitative estimate of drug-likeness (QED) is 0.645. The summed E-state index contributed by atoms with van der Waals surface area (Å²) in [5.41, 5.74) is 0. The molecule has 0 bridgehead atoms. The lowest BCUT2D eigenvalue weighted by Crippen LogP contribution is -1.88. The normalized spacial score (nSPS) is 16.6. The van der Waals surface area contributed by atoms with Gasteiger partial charge >= 0.3 is 0 Å². The van der Waals surface area contributed by atoms with Gasteiger partial charge in [-0.3, -0.25) is 0 Å². The summed E-state index contributed by atoms with van der Waals surface area (Å²) in [5, 5.41) is 0.